The average Bonchev–Trinajstić information content (AvgIpc) is 3.04. The van der Waals surface area contributed by atoms with E-state index in [4.69, 9.17) is 16.3 Å². The number of halogens is 1. The number of hydrogen-bond donors (Lipinski definition) is 2. The molecule has 162 valence electrons. The third kappa shape index (κ3) is 5.44. The average molecular weight is 434 g/mol. The van der Waals surface area contributed by atoms with E-state index in [0.717, 1.165) is 10.9 Å². The number of hydrogen-bond acceptors (Lipinski definition) is 5. The van der Waals surface area contributed by atoms with E-state index in [1.807, 2.05) is 0 Å². The number of piperidine rings is 1. The molecular weight excluding hydrogens is 408 g/mol. The predicted octanol–water partition coefficient (Wildman–Crippen LogP) is 2.07. The second-order valence-electron chi connectivity index (χ2n) is 8.43. The molecule has 0 radical (unpaired) electrons. The molecular formula is C21H26ClN4O4-. The molecule has 0 bridgehead atoms. The van der Waals surface area contributed by atoms with Crippen LogP contribution in [0.4, 0.5) is 0 Å². The van der Waals surface area contributed by atoms with Crippen molar-refractivity contribution in [2.75, 3.05) is 13.1 Å². The van der Waals surface area contributed by atoms with E-state index in [9.17, 15) is 14.7 Å². The molecule has 30 heavy (non-hydrogen) atoms. The van der Waals surface area contributed by atoms with Gasteiger partial charge in [0.25, 0.3) is 5.91 Å². The lowest BCUT2D eigenvalue weighted by Crippen LogP contribution is -2.55. The Hall–Kier alpha value is -2.74. The van der Waals surface area contributed by atoms with E-state index in [0.29, 0.717) is 23.7 Å². The van der Waals surface area contributed by atoms with Crippen molar-refractivity contribution in [2.45, 2.75) is 51.8 Å². The van der Waals surface area contributed by atoms with E-state index in [2.05, 4.69) is 15.3 Å². The highest BCUT2D eigenvalue weighted by atomic mass is 35.5. The summed E-state index contributed by atoms with van der Waals surface area (Å²) in [6.07, 6.45) is -0.230. The van der Waals surface area contributed by atoms with Gasteiger partial charge in [0.15, 0.2) is 0 Å². The fourth-order valence-corrected chi connectivity index (χ4v) is 3.59. The number of fused-ring (bicyclic) bond motifs is 1. The van der Waals surface area contributed by atoms with Crippen LogP contribution in [-0.4, -0.2) is 58.6 Å². The van der Waals surface area contributed by atoms with Crippen LogP contribution in [0.1, 0.15) is 44.6 Å². The summed E-state index contributed by atoms with van der Waals surface area (Å²) < 4.78 is 5.28. The van der Waals surface area contributed by atoms with Crippen molar-refractivity contribution in [2.24, 2.45) is 4.99 Å². The van der Waals surface area contributed by atoms with E-state index in [1.165, 1.54) is 6.92 Å². The number of nitrogens with one attached hydrogen (secondary N) is 2. The van der Waals surface area contributed by atoms with Crippen LogP contribution in [0.2, 0.25) is 5.02 Å². The van der Waals surface area contributed by atoms with E-state index >= 15 is 0 Å². The number of aromatic amines is 1. The van der Waals surface area contributed by atoms with Crippen LogP contribution in [0.25, 0.3) is 10.9 Å². The van der Waals surface area contributed by atoms with Gasteiger partial charge in [-0.3, -0.25) is 14.6 Å². The van der Waals surface area contributed by atoms with Gasteiger partial charge in [0.1, 0.15) is 11.8 Å². The van der Waals surface area contributed by atoms with Crippen molar-refractivity contribution in [1.29, 1.82) is 0 Å². The molecule has 1 saturated heterocycles. The molecule has 1 aliphatic rings. The predicted molar refractivity (Wildman–Crippen MR) is 113 cm³/mol. The van der Waals surface area contributed by atoms with Crippen molar-refractivity contribution in [3.05, 3.63) is 35.0 Å². The van der Waals surface area contributed by atoms with Gasteiger partial charge in [-0.25, -0.2) is 0 Å². The number of H-pyrrole nitrogens is 1. The first-order chi connectivity index (χ1) is 14.0. The molecule has 2 aromatic rings. The maximum absolute atomic E-state index is 12.8. The second-order valence-corrected chi connectivity index (χ2v) is 8.86. The number of ether oxygens (including phenoxy) is 1. The fourth-order valence-electron chi connectivity index (χ4n) is 3.41. The summed E-state index contributed by atoms with van der Waals surface area (Å²) in [7, 11) is 0. The molecule has 0 spiro atoms. The minimum absolute atomic E-state index is 0.100. The van der Waals surface area contributed by atoms with Crippen molar-refractivity contribution in [3.8, 4) is 0 Å². The number of benzene rings is 1. The first kappa shape index (κ1) is 22.0. The Morgan fingerprint density at radius 3 is 2.73 bits per heavy atom. The Bertz CT molecular complexity index is 979. The molecule has 1 aromatic carbocycles. The molecule has 2 heterocycles. The molecule has 1 aromatic heterocycles. The topological polar surface area (TPSA) is 110 Å². The molecule has 8 nitrogen and oxygen atoms in total. The smallest absolute Gasteiger partial charge is 0.268 e. The van der Waals surface area contributed by atoms with Crippen LogP contribution in [0.15, 0.2) is 29.3 Å². The highest BCUT2D eigenvalue weighted by molar-refractivity contribution is 6.31. The van der Waals surface area contributed by atoms with Gasteiger partial charge in [-0.05, 0) is 30.7 Å². The molecule has 1 aliphatic heterocycles. The maximum Gasteiger partial charge on any atom is 0.268 e. The molecule has 9 heteroatoms. The molecule has 2 N–H and O–H groups in total. The Kier molecular flexibility index (Phi) is 6.26. The molecule has 2 atom stereocenters. The Balaban J connectivity index is 1.79. The van der Waals surface area contributed by atoms with Crippen LogP contribution in [-0.2, 0) is 9.53 Å². The lowest BCUT2D eigenvalue weighted by atomic mass is 9.99. The maximum atomic E-state index is 12.8. The molecule has 2 amide bonds. The van der Waals surface area contributed by atoms with Gasteiger partial charge in [0.2, 0.25) is 5.91 Å². The van der Waals surface area contributed by atoms with Gasteiger partial charge in [-0.1, -0.05) is 32.4 Å². The summed E-state index contributed by atoms with van der Waals surface area (Å²) in [4.78, 5) is 33.5. The van der Waals surface area contributed by atoms with Gasteiger partial charge in [-0.15, -0.1) is 0 Å². The highest BCUT2D eigenvalue weighted by Gasteiger charge is 2.32. The SMILES string of the molecule is CC(=O)N1CC[C@@H](NC(=O)c2cc3cc(Cl)ccc3[nH]2)[C@H](N=C([O-])OC(C)(C)C)C1. The summed E-state index contributed by atoms with van der Waals surface area (Å²) in [6.45, 7) is 7.45. The van der Waals surface area contributed by atoms with Crippen molar-refractivity contribution < 1.29 is 19.4 Å². The summed E-state index contributed by atoms with van der Waals surface area (Å²) >= 11 is 6.01. The number of carbonyl (C=O) groups excluding carboxylic acids is 2. The Morgan fingerprint density at radius 2 is 2.07 bits per heavy atom. The number of aliphatic imine (C=N–C) groups is 1. The number of carbonyl (C=O) groups is 2. The summed E-state index contributed by atoms with van der Waals surface area (Å²) in [5.41, 5.74) is 0.503. The molecule has 3 rings (SSSR count). The van der Waals surface area contributed by atoms with Crippen LogP contribution in [0.3, 0.4) is 0 Å². The van der Waals surface area contributed by atoms with E-state index in [1.54, 1.807) is 49.9 Å². The minimum atomic E-state index is -0.711. The minimum Gasteiger partial charge on any atom is -0.595 e. The van der Waals surface area contributed by atoms with Gasteiger partial charge < -0.3 is 25.0 Å². The van der Waals surface area contributed by atoms with E-state index < -0.39 is 23.8 Å². The number of aromatic nitrogens is 1. The van der Waals surface area contributed by atoms with Crippen LogP contribution in [0.5, 0.6) is 0 Å². The zero-order valence-electron chi connectivity index (χ0n) is 17.5. The van der Waals surface area contributed by atoms with E-state index in [-0.39, 0.29) is 18.4 Å². The van der Waals surface area contributed by atoms with Gasteiger partial charge in [0.05, 0.1) is 12.1 Å². The third-order valence-electron chi connectivity index (χ3n) is 4.84. The van der Waals surface area contributed by atoms with Crippen LogP contribution in [0, 0.1) is 0 Å². The Labute approximate surface area is 180 Å². The molecule has 1 fully saturated rings. The molecule has 0 aliphatic carbocycles. The zero-order valence-corrected chi connectivity index (χ0v) is 18.2. The lowest BCUT2D eigenvalue weighted by molar-refractivity contribution is -0.261. The number of likely N-dealkylation sites (tertiary alicyclic amines) is 1. The van der Waals surface area contributed by atoms with Crippen LogP contribution < -0.4 is 10.4 Å². The zero-order chi connectivity index (χ0) is 22.1. The summed E-state index contributed by atoms with van der Waals surface area (Å²) in [6, 6.07) is 6.04. The van der Waals surface area contributed by atoms with Gasteiger partial charge >= 0.3 is 0 Å². The number of rotatable bonds is 3. The number of amides is 2. The Morgan fingerprint density at radius 1 is 1.33 bits per heavy atom. The quantitative estimate of drug-likeness (QED) is 0.570. The summed E-state index contributed by atoms with van der Waals surface area (Å²) in [5, 5.41) is 16.6. The lowest BCUT2D eigenvalue weighted by Gasteiger charge is -2.38. The molecule has 0 unspecified atom stereocenters. The highest BCUT2D eigenvalue weighted by Crippen LogP contribution is 2.21. The third-order valence-corrected chi connectivity index (χ3v) is 5.07. The van der Waals surface area contributed by atoms with Crippen molar-refractivity contribution in [1.82, 2.24) is 15.2 Å². The van der Waals surface area contributed by atoms with Crippen molar-refractivity contribution >= 4 is 40.4 Å². The van der Waals surface area contributed by atoms with Gasteiger partial charge in [-0.2, -0.15) is 0 Å². The molecule has 0 saturated carbocycles. The normalized spacial score (nSPS) is 20.3. The first-order valence-electron chi connectivity index (χ1n) is 9.80. The fraction of sp³-hybridized carbons (Fsp3) is 0.476. The number of nitrogens with zero attached hydrogens (tertiary/aromatic N) is 2. The van der Waals surface area contributed by atoms with Crippen molar-refractivity contribution in [3.63, 3.8) is 0 Å². The van der Waals surface area contributed by atoms with Gasteiger partial charge in [0, 0.05) is 41.5 Å². The second kappa shape index (κ2) is 8.55. The standard InChI is InChI=1S/C21H27ClN4O4/c1-12(27)26-8-7-16(18(11-26)25-20(29)30-21(2,3)4)24-19(28)17-10-13-9-14(22)5-6-15(13)23-17/h5-6,9-10,16,18,23H,7-8,11H2,1-4H3,(H,24,28)(H,25,29)/p-1/t16-,18-/m1/s1. The monoisotopic (exact) mass is 433 g/mol. The summed E-state index contributed by atoms with van der Waals surface area (Å²) in [5.74, 6) is -0.412. The largest absolute Gasteiger partial charge is 0.595 e. The van der Waals surface area contributed by atoms with Crippen LogP contribution >= 0.6 is 11.6 Å². The first-order valence-corrected chi connectivity index (χ1v) is 10.2.